The largest absolute Gasteiger partial charge is 0.457 e. The summed E-state index contributed by atoms with van der Waals surface area (Å²) in [6.45, 7) is 1.73. The third-order valence-corrected chi connectivity index (χ3v) is 1.98. The van der Waals surface area contributed by atoms with Gasteiger partial charge < -0.3 is 15.4 Å². The highest BCUT2D eigenvalue weighted by Crippen LogP contribution is 1.96. The maximum absolute atomic E-state index is 11.3. The van der Waals surface area contributed by atoms with Gasteiger partial charge in [0.1, 0.15) is 0 Å². The highest BCUT2D eigenvalue weighted by Gasteiger charge is 2.29. The smallest absolute Gasteiger partial charge is 0.421 e. The zero-order chi connectivity index (χ0) is 13.4. The van der Waals surface area contributed by atoms with Crippen LogP contribution in [0.25, 0.3) is 5.53 Å². The Labute approximate surface area is 105 Å². The van der Waals surface area contributed by atoms with Gasteiger partial charge >= 0.3 is 11.7 Å². The van der Waals surface area contributed by atoms with Crippen LogP contribution >= 0.6 is 0 Å². The molecule has 0 radical (unpaired) electrons. The van der Waals surface area contributed by atoms with Gasteiger partial charge in [0.2, 0.25) is 6.10 Å². The molecule has 0 heterocycles. The molecule has 18 heavy (non-hydrogen) atoms. The number of hydrogen-bond acceptors (Lipinski definition) is 3. The third kappa shape index (κ3) is 3.87. The van der Waals surface area contributed by atoms with Crippen molar-refractivity contribution >= 4 is 11.7 Å². The molecule has 0 aromatic heterocycles. The predicted molar refractivity (Wildman–Crippen MR) is 64.6 cm³/mol. The number of esters is 1. The molecule has 5 nitrogen and oxygen atoms in total. The molecule has 0 aliphatic carbocycles. The number of nitrogens with zero attached hydrogens (tertiary/aromatic N) is 2. The van der Waals surface area contributed by atoms with E-state index in [2.05, 4.69) is 21.4 Å². The number of benzene rings is 1. The molecule has 0 amide bonds. The summed E-state index contributed by atoms with van der Waals surface area (Å²) in [5.41, 5.74) is 8.80. The molecule has 5 heteroatoms. The first-order valence-corrected chi connectivity index (χ1v) is 5.32. The van der Waals surface area contributed by atoms with Crippen LogP contribution in [0.3, 0.4) is 0 Å². The van der Waals surface area contributed by atoms with Crippen LogP contribution in [0, 0.1) is 11.8 Å². The minimum Gasteiger partial charge on any atom is -0.457 e. The first kappa shape index (κ1) is 13.7. The number of hydrogen-bond donors (Lipinski definition) is 1. The Balaban J connectivity index is 2.82. The SMILES string of the molecule is CCOC(=O)C(=[N+]=[N-])C(O)C#Cc1ccccc1. The summed E-state index contributed by atoms with van der Waals surface area (Å²) in [6.07, 6.45) is -1.49. The normalized spacial score (nSPS) is 10.6. The Morgan fingerprint density at radius 1 is 1.50 bits per heavy atom. The predicted octanol–water partition coefficient (Wildman–Crippen LogP) is 0.633. The van der Waals surface area contributed by atoms with E-state index < -0.39 is 17.8 Å². The van der Waals surface area contributed by atoms with E-state index >= 15 is 0 Å². The average molecular weight is 244 g/mol. The van der Waals surface area contributed by atoms with E-state index in [0.717, 1.165) is 0 Å². The molecular formula is C13H12N2O3. The van der Waals surface area contributed by atoms with Crippen LogP contribution in [0.5, 0.6) is 0 Å². The fraction of sp³-hybridized carbons (Fsp3) is 0.231. The van der Waals surface area contributed by atoms with E-state index in [0.29, 0.717) is 5.56 Å². The van der Waals surface area contributed by atoms with Crippen LogP contribution in [-0.2, 0) is 9.53 Å². The van der Waals surface area contributed by atoms with Crippen LogP contribution in [0.2, 0.25) is 0 Å². The lowest BCUT2D eigenvalue weighted by molar-refractivity contribution is -0.140. The van der Waals surface area contributed by atoms with Gasteiger partial charge in [-0.2, -0.15) is 4.79 Å². The van der Waals surface area contributed by atoms with Crippen molar-refractivity contribution in [1.29, 1.82) is 0 Å². The Kier molecular flexibility index (Phi) is 5.33. The molecule has 1 unspecified atom stereocenters. The summed E-state index contributed by atoms with van der Waals surface area (Å²) in [6, 6.07) is 8.92. The van der Waals surface area contributed by atoms with Crippen molar-refractivity contribution in [2.45, 2.75) is 13.0 Å². The molecule has 1 rings (SSSR count). The Morgan fingerprint density at radius 2 is 2.17 bits per heavy atom. The summed E-state index contributed by atoms with van der Waals surface area (Å²) >= 11 is 0. The van der Waals surface area contributed by atoms with Crippen molar-refractivity contribution in [3.05, 3.63) is 41.4 Å². The average Bonchev–Trinajstić information content (AvgIpc) is 2.39. The molecule has 1 N–H and O–H groups in total. The van der Waals surface area contributed by atoms with Gasteiger partial charge in [-0.3, -0.25) is 0 Å². The van der Waals surface area contributed by atoms with Crippen molar-refractivity contribution in [3.8, 4) is 11.8 Å². The van der Waals surface area contributed by atoms with Crippen molar-refractivity contribution in [2.75, 3.05) is 6.61 Å². The minimum atomic E-state index is -1.49. The molecule has 0 saturated carbocycles. The van der Waals surface area contributed by atoms with E-state index in [1.54, 1.807) is 31.2 Å². The van der Waals surface area contributed by atoms with E-state index in [9.17, 15) is 9.90 Å². The number of carbonyl (C=O) groups is 1. The lowest BCUT2D eigenvalue weighted by atomic mass is 10.2. The molecule has 1 aromatic carbocycles. The molecular weight excluding hydrogens is 232 g/mol. The third-order valence-electron chi connectivity index (χ3n) is 1.98. The second-order valence-corrected chi connectivity index (χ2v) is 3.24. The second kappa shape index (κ2) is 7.02. The van der Waals surface area contributed by atoms with Gasteiger partial charge in [-0.1, -0.05) is 30.0 Å². The van der Waals surface area contributed by atoms with E-state index in [1.807, 2.05) is 6.07 Å². The molecule has 0 aliphatic rings. The summed E-state index contributed by atoms with van der Waals surface area (Å²) in [7, 11) is 0. The van der Waals surface area contributed by atoms with Crippen molar-refractivity contribution in [3.63, 3.8) is 0 Å². The van der Waals surface area contributed by atoms with Gasteiger partial charge in [-0.15, -0.1) is 0 Å². The molecule has 0 spiro atoms. The van der Waals surface area contributed by atoms with Gasteiger partial charge in [0.15, 0.2) is 0 Å². The fourth-order valence-corrected chi connectivity index (χ4v) is 1.15. The second-order valence-electron chi connectivity index (χ2n) is 3.24. The lowest BCUT2D eigenvalue weighted by Crippen LogP contribution is -2.30. The first-order valence-electron chi connectivity index (χ1n) is 5.32. The molecule has 92 valence electrons. The summed E-state index contributed by atoms with van der Waals surface area (Å²) in [4.78, 5) is 14.0. The van der Waals surface area contributed by atoms with Gasteiger partial charge in [-0.05, 0) is 19.1 Å². The van der Waals surface area contributed by atoms with Crippen LogP contribution in [0.1, 0.15) is 12.5 Å². The number of rotatable bonds is 3. The number of carbonyl (C=O) groups excluding carboxylic acids is 1. The van der Waals surface area contributed by atoms with Crippen molar-refractivity contribution < 1.29 is 19.4 Å². The molecule has 0 saturated heterocycles. The van der Waals surface area contributed by atoms with Crippen LogP contribution < -0.4 is 0 Å². The number of aliphatic hydroxyl groups excluding tert-OH is 1. The molecule has 1 atom stereocenters. The van der Waals surface area contributed by atoms with Gasteiger partial charge in [0, 0.05) is 5.56 Å². The van der Waals surface area contributed by atoms with E-state index in [-0.39, 0.29) is 6.61 Å². The summed E-state index contributed by atoms with van der Waals surface area (Å²) < 4.78 is 4.61. The van der Waals surface area contributed by atoms with Crippen LogP contribution in [-0.4, -0.2) is 34.3 Å². The zero-order valence-electron chi connectivity index (χ0n) is 9.83. The fourth-order valence-electron chi connectivity index (χ4n) is 1.15. The Hall–Kier alpha value is -2.41. The maximum atomic E-state index is 11.3. The van der Waals surface area contributed by atoms with Crippen LogP contribution in [0.15, 0.2) is 30.3 Å². The highest BCUT2D eigenvalue weighted by molar-refractivity contribution is 6.36. The highest BCUT2D eigenvalue weighted by atomic mass is 16.5. The standard InChI is InChI=1S/C13H12N2O3/c1-2-18-13(17)12(15-14)11(16)9-8-10-6-4-3-5-7-10/h3-7,11,16H,2H2,1H3. The maximum Gasteiger partial charge on any atom is 0.421 e. The Morgan fingerprint density at radius 3 is 2.72 bits per heavy atom. The van der Waals surface area contributed by atoms with Crippen molar-refractivity contribution in [1.82, 2.24) is 0 Å². The molecule has 0 bridgehead atoms. The van der Waals surface area contributed by atoms with E-state index in [4.69, 9.17) is 5.53 Å². The number of ether oxygens (including phenoxy) is 1. The summed E-state index contributed by atoms with van der Waals surface area (Å²) in [5.74, 6) is 4.17. The number of aliphatic hydroxyl groups is 1. The van der Waals surface area contributed by atoms with Crippen LogP contribution in [0.4, 0.5) is 0 Å². The molecule has 0 aliphatic heterocycles. The lowest BCUT2D eigenvalue weighted by Gasteiger charge is -1.98. The topological polar surface area (TPSA) is 82.9 Å². The minimum absolute atomic E-state index is 0.122. The monoisotopic (exact) mass is 244 g/mol. The van der Waals surface area contributed by atoms with Gasteiger partial charge in [0.25, 0.3) is 0 Å². The molecule has 1 aromatic rings. The van der Waals surface area contributed by atoms with Gasteiger partial charge in [-0.25, -0.2) is 4.79 Å². The molecule has 0 fully saturated rings. The first-order chi connectivity index (χ1) is 8.69. The summed E-state index contributed by atoms with van der Waals surface area (Å²) in [5, 5.41) is 9.60. The van der Waals surface area contributed by atoms with Crippen molar-refractivity contribution in [2.24, 2.45) is 0 Å². The van der Waals surface area contributed by atoms with E-state index in [1.165, 1.54) is 0 Å². The zero-order valence-corrected chi connectivity index (χ0v) is 9.83. The quantitative estimate of drug-likeness (QED) is 0.278. The van der Waals surface area contributed by atoms with Gasteiger partial charge in [0.05, 0.1) is 6.61 Å². The Bertz CT molecular complexity index is 522.